The van der Waals surface area contributed by atoms with Gasteiger partial charge in [0.2, 0.25) is 0 Å². The Morgan fingerprint density at radius 2 is 1.18 bits per heavy atom. The van der Waals surface area contributed by atoms with Crippen LogP contribution in [0.5, 0.6) is 0 Å². The number of hydrogen-bond acceptors (Lipinski definition) is 0. The van der Waals surface area contributed by atoms with Crippen molar-refractivity contribution in [1.29, 1.82) is 0 Å². The first-order chi connectivity index (χ1) is 10.00. The van der Waals surface area contributed by atoms with Crippen LogP contribution in [0.3, 0.4) is 0 Å². The summed E-state index contributed by atoms with van der Waals surface area (Å²) in [6.07, 6.45) is 13.2. The van der Waals surface area contributed by atoms with Crippen molar-refractivity contribution >= 4 is 22.1 Å². The van der Waals surface area contributed by atoms with Crippen molar-refractivity contribution < 1.29 is 23.5 Å². The van der Waals surface area contributed by atoms with E-state index in [1.807, 2.05) is 6.66 Å². The topological polar surface area (TPSA) is 0 Å². The predicted molar refractivity (Wildman–Crippen MR) is 109 cm³/mol. The van der Waals surface area contributed by atoms with E-state index in [0.717, 1.165) is 0 Å². The molecule has 123 valence electrons. The van der Waals surface area contributed by atoms with Crippen molar-refractivity contribution in [3.8, 4) is 0 Å². The Labute approximate surface area is 151 Å². The number of rotatable bonds is 5. The Morgan fingerprint density at radius 1 is 0.818 bits per heavy atom. The van der Waals surface area contributed by atoms with Crippen LogP contribution in [0.25, 0.3) is 0 Å². The van der Waals surface area contributed by atoms with E-state index >= 15 is 0 Å². The maximum absolute atomic E-state index is 2.69. The zero-order valence-electron chi connectivity index (χ0n) is 17.8. The number of allylic oxidation sites excluding steroid dienone is 8. The molecule has 0 N–H and O–H groups in total. The summed E-state index contributed by atoms with van der Waals surface area (Å²) in [5.74, 6) is -0.514. The summed E-state index contributed by atoms with van der Waals surface area (Å²) in [5, 5.41) is 3.47. The van der Waals surface area contributed by atoms with Gasteiger partial charge in [-0.1, -0.05) is 0 Å². The Hall–Kier alpha value is 0.481. The van der Waals surface area contributed by atoms with Crippen molar-refractivity contribution in [2.45, 2.75) is 65.2 Å². The molecule has 4 heteroatoms. The van der Waals surface area contributed by atoms with Gasteiger partial charge in [0, 0.05) is 0 Å². The van der Waals surface area contributed by atoms with Gasteiger partial charge in [0.05, 0.1) is 0 Å². The molecule has 0 amide bonds. The van der Waals surface area contributed by atoms with Crippen molar-refractivity contribution in [2.24, 2.45) is 0 Å². The van der Waals surface area contributed by atoms with E-state index in [-0.39, 0.29) is 2.85 Å². The third-order valence-corrected chi connectivity index (χ3v) is 36.1. The molecule has 0 bridgehead atoms. The van der Waals surface area contributed by atoms with Crippen LogP contribution in [0, 0.1) is 0 Å². The van der Waals surface area contributed by atoms with E-state index in [1.165, 1.54) is 12.8 Å². The standard InChI is InChI=1S/2C8H13Si.C2H7Si.Hf.2H/c2*1-9(2,3)8-6-4-5-7-8;1-3-2;;;/h2*6-7H,4H2,1-3H3;3H,1-2H3;;;/q;;;+2;2*-1. The molecular weight excluding hydrogens is 479 g/mol. The molecule has 0 aromatic heterocycles. The van der Waals surface area contributed by atoms with E-state index < -0.39 is 42.7 Å². The Kier molecular flexibility index (Phi) is 5.79. The molecule has 0 heterocycles. The third kappa shape index (κ3) is 4.31. The fraction of sp³-hybridized carbons (Fsp3) is 0.556. The second-order valence-corrected chi connectivity index (χ2v) is 46.4. The average Bonchev–Trinajstić information content (AvgIpc) is 2.95. The molecule has 22 heavy (non-hydrogen) atoms. The maximum Gasteiger partial charge on any atom is -1.00 e. The molecule has 2 aliphatic carbocycles. The van der Waals surface area contributed by atoms with Gasteiger partial charge in [0.15, 0.2) is 0 Å². The summed E-state index contributed by atoms with van der Waals surface area (Å²) < 4.78 is 3.89. The summed E-state index contributed by atoms with van der Waals surface area (Å²) in [6.45, 7) is 20.2. The van der Waals surface area contributed by atoms with Crippen LogP contribution in [0.15, 0.2) is 41.4 Å². The normalized spacial score (nSPS) is 19.1. The van der Waals surface area contributed by atoms with Gasteiger partial charge >= 0.3 is 149 Å². The van der Waals surface area contributed by atoms with Crippen molar-refractivity contribution in [3.05, 3.63) is 41.4 Å². The van der Waals surface area contributed by atoms with E-state index in [4.69, 9.17) is 0 Å². The smallest absolute Gasteiger partial charge is 1.00 e. The van der Waals surface area contributed by atoms with Crippen LogP contribution in [0.1, 0.15) is 15.7 Å². The molecule has 0 atom stereocenters. The molecule has 2 aliphatic rings. The Morgan fingerprint density at radius 3 is 1.41 bits per heavy atom. The molecule has 0 fully saturated rings. The van der Waals surface area contributed by atoms with Crippen LogP contribution < -0.4 is 0 Å². The van der Waals surface area contributed by atoms with Gasteiger partial charge in [0.1, 0.15) is 0 Å². The minimum absolute atomic E-state index is 0. The molecule has 0 spiro atoms. The van der Waals surface area contributed by atoms with E-state index in [0.29, 0.717) is 0 Å². The molecule has 0 aromatic carbocycles. The predicted octanol–water partition coefficient (Wildman–Crippen LogP) is 6.00. The first kappa shape index (κ1) is 18.8. The minimum Gasteiger partial charge on any atom is -1.00 e. The van der Waals surface area contributed by atoms with Crippen LogP contribution in [-0.2, 0) is 20.6 Å². The van der Waals surface area contributed by atoms with Gasteiger partial charge < -0.3 is 2.85 Å². The maximum atomic E-state index is 2.69. The second-order valence-electron chi connectivity index (χ2n) is 9.13. The first-order valence-electron chi connectivity index (χ1n) is 8.70. The van der Waals surface area contributed by atoms with E-state index in [1.54, 1.807) is 10.4 Å². The van der Waals surface area contributed by atoms with Crippen LogP contribution >= 0.6 is 0 Å². The van der Waals surface area contributed by atoms with Gasteiger partial charge in [-0.2, -0.15) is 0 Å². The van der Waals surface area contributed by atoms with Gasteiger partial charge in [-0.15, -0.1) is 0 Å². The van der Waals surface area contributed by atoms with Crippen molar-refractivity contribution in [3.63, 3.8) is 0 Å². The molecule has 0 radical (unpaired) electrons. The number of hydrogen-bond donors (Lipinski definition) is 0. The molecule has 0 aliphatic heterocycles. The third-order valence-electron chi connectivity index (χ3n) is 4.74. The first-order valence-corrected chi connectivity index (χ1v) is 28.4. The second kappa shape index (κ2) is 6.77. The summed E-state index contributed by atoms with van der Waals surface area (Å²) in [4.78, 5) is 0. The fourth-order valence-corrected chi connectivity index (χ4v) is 33.9. The van der Waals surface area contributed by atoms with Crippen LogP contribution in [0.4, 0.5) is 0 Å². The quantitative estimate of drug-likeness (QED) is 0.396. The minimum atomic E-state index is -1.69. The zero-order chi connectivity index (χ0) is 16.7. The summed E-state index contributed by atoms with van der Waals surface area (Å²) in [7, 11) is -2.24. The molecule has 0 unspecified atom stereocenters. The average molecular weight is 514 g/mol. The molecule has 0 aromatic rings. The van der Waals surface area contributed by atoms with E-state index in [9.17, 15) is 0 Å². The van der Waals surface area contributed by atoms with Crippen LogP contribution in [-0.4, -0.2) is 22.1 Å². The molecule has 0 nitrogen and oxygen atoms in total. The summed E-state index contributed by atoms with van der Waals surface area (Å²) in [5.41, 5.74) is 0. The summed E-state index contributed by atoms with van der Waals surface area (Å²) in [6, 6.07) is 0. The van der Waals surface area contributed by atoms with Gasteiger partial charge in [-0.05, 0) is 0 Å². The van der Waals surface area contributed by atoms with Gasteiger partial charge in [-0.25, -0.2) is 0 Å². The molecular formula is C18H35HfSi3. The van der Waals surface area contributed by atoms with Crippen molar-refractivity contribution in [1.82, 2.24) is 0 Å². The monoisotopic (exact) mass is 515 g/mol. The van der Waals surface area contributed by atoms with Crippen LogP contribution in [0.2, 0.25) is 52.4 Å². The zero-order valence-corrected chi connectivity index (χ0v) is 22.5. The molecule has 0 saturated heterocycles. The Bertz CT molecular complexity index is 528. The Balaban J connectivity index is 0.00000264. The SMILES string of the molecule is C[SiH](C)[Hf+2]([C]1=CC([Si](C)(C)C)=CC1)[C]1=CC([Si](C)(C)C)=CC1.[H-].[H-]. The molecule has 2 rings (SSSR count). The van der Waals surface area contributed by atoms with Crippen molar-refractivity contribution in [2.75, 3.05) is 0 Å². The fourth-order valence-electron chi connectivity index (χ4n) is 3.42. The summed E-state index contributed by atoms with van der Waals surface area (Å²) >= 11 is -1.69. The van der Waals surface area contributed by atoms with E-state index in [2.05, 4.69) is 76.7 Å². The van der Waals surface area contributed by atoms with Gasteiger partial charge in [0.25, 0.3) is 0 Å². The van der Waals surface area contributed by atoms with Gasteiger partial charge in [-0.3, -0.25) is 0 Å². The molecule has 0 saturated carbocycles. The largest absolute Gasteiger partial charge is 1.00 e.